The first-order chi connectivity index (χ1) is 12.6. The Morgan fingerprint density at radius 3 is 2.78 bits per heavy atom. The van der Waals surface area contributed by atoms with Gasteiger partial charge in [-0.2, -0.15) is 0 Å². The number of hydrogen-bond acceptors (Lipinski definition) is 3. The summed E-state index contributed by atoms with van der Waals surface area (Å²) in [4.78, 5) is 14.3. The van der Waals surface area contributed by atoms with E-state index in [9.17, 15) is 9.18 Å². The zero-order chi connectivity index (χ0) is 18.1. The summed E-state index contributed by atoms with van der Waals surface area (Å²) in [5.74, 6) is 0.655. The van der Waals surface area contributed by atoms with Crippen LogP contribution in [0.4, 0.5) is 4.39 Å². The highest BCUT2D eigenvalue weighted by molar-refractivity contribution is 5.88. The van der Waals surface area contributed by atoms with Crippen LogP contribution in [0.1, 0.15) is 36.4 Å². The van der Waals surface area contributed by atoms with E-state index in [1.165, 1.54) is 6.07 Å². The van der Waals surface area contributed by atoms with Gasteiger partial charge in [-0.05, 0) is 43.0 Å². The molecule has 0 radical (unpaired) electrons. The summed E-state index contributed by atoms with van der Waals surface area (Å²) >= 11 is 0. The Hall–Kier alpha value is -2.11. The molecule has 1 amide bonds. The first-order valence-electron chi connectivity index (χ1n) is 9.07. The van der Waals surface area contributed by atoms with Crippen LogP contribution in [0.15, 0.2) is 48.5 Å². The maximum atomic E-state index is 13.7. The quantitative estimate of drug-likeness (QED) is 0.862. The lowest BCUT2D eigenvalue weighted by molar-refractivity contribution is -0.131. The molecule has 0 aromatic heterocycles. The average Bonchev–Trinajstić information content (AvgIpc) is 3.21. The van der Waals surface area contributed by atoms with Gasteiger partial charge in [0.2, 0.25) is 5.91 Å². The fourth-order valence-corrected chi connectivity index (χ4v) is 4.01. The van der Waals surface area contributed by atoms with Crippen molar-refractivity contribution in [1.82, 2.24) is 10.2 Å². The average molecular weight is 391 g/mol. The molecule has 0 saturated carbocycles. The lowest BCUT2D eigenvalue weighted by Gasteiger charge is -2.23. The normalized spacial score (nSPS) is 24.3. The van der Waals surface area contributed by atoms with Gasteiger partial charge in [0.1, 0.15) is 23.7 Å². The van der Waals surface area contributed by atoms with E-state index in [0.717, 1.165) is 31.4 Å². The summed E-state index contributed by atoms with van der Waals surface area (Å²) in [6.45, 7) is 1.01. The van der Waals surface area contributed by atoms with Crippen molar-refractivity contribution >= 4 is 18.3 Å². The van der Waals surface area contributed by atoms with E-state index in [1.807, 2.05) is 30.1 Å². The lowest BCUT2D eigenvalue weighted by atomic mass is 9.96. The minimum Gasteiger partial charge on any atom is -0.489 e. The number of benzene rings is 2. The molecule has 144 valence electrons. The molecule has 4 nitrogen and oxygen atoms in total. The first kappa shape index (κ1) is 19.6. The SMILES string of the molecule is CN1CC[C@]2(CC[C@H](c3cccc(OCc4ccccc4F)c3)N2)C1=O.Cl. The third-order valence-corrected chi connectivity index (χ3v) is 5.55. The molecule has 4 rings (SSSR count). The minimum atomic E-state index is -0.399. The summed E-state index contributed by atoms with van der Waals surface area (Å²) in [6, 6.07) is 14.6. The van der Waals surface area contributed by atoms with Crippen LogP contribution >= 0.6 is 12.4 Å². The molecular formula is C21H24ClFN2O2. The van der Waals surface area contributed by atoms with Crippen molar-refractivity contribution in [3.8, 4) is 5.75 Å². The van der Waals surface area contributed by atoms with Crippen LogP contribution in [-0.4, -0.2) is 29.9 Å². The van der Waals surface area contributed by atoms with Crippen molar-refractivity contribution in [3.05, 3.63) is 65.5 Å². The molecule has 0 unspecified atom stereocenters. The van der Waals surface area contributed by atoms with Gasteiger partial charge in [-0.15, -0.1) is 12.4 Å². The Labute approximate surface area is 165 Å². The molecule has 2 fully saturated rings. The number of ether oxygens (including phenoxy) is 1. The van der Waals surface area contributed by atoms with Gasteiger partial charge in [-0.3, -0.25) is 10.1 Å². The minimum absolute atomic E-state index is 0. The van der Waals surface area contributed by atoms with Gasteiger partial charge >= 0.3 is 0 Å². The number of nitrogens with one attached hydrogen (secondary N) is 1. The van der Waals surface area contributed by atoms with Gasteiger partial charge in [0.15, 0.2) is 0 Å². The molecular weight excluding hydrogens is 367 g/mol. The standard InChI is InChI=1S/C21H23FN2O2.ClH/c1-24-12-11-21(20(24)25)10-9-19(23-21)15-6-4-7-17(13-15)26-14-16-5-2-3-8-18(16)22;/h2-8,13,19,23H,9-12,14H2,1H3;1H/t19-,21-;/m1./s1. The number of carbonyl (C=O) groups is 1. The van der Waals surface area contributed by atoms with Crippen molar-refractivity contribution in [2.45, 2.75) is 37.5 Å². The van der Waals surface area contributed by atoms with Crippen LogP contribution in [0.5, 0.6) is 5.75 Å². The Balaban J connectivity index is 0.00000210. The molecule has 2 heterocycles. The summed E-state index contributed by atoms with van der Waals surface area (Å²) in [5.41, 5.74) is 1.24. The van der Waals surface area contributed by atoms with Crippen molar-refractivity contribution in [1.29, 1.82) is 0 Å². The summed E-state index contributed by atoms with van der Waals surface area (Å²) in [6.07, 6.45) is 2.65. The van der Waals surface area contributed by atoms with E-state index in [0.29, 0.717) is 11.3 Å². The summed E-state index contributed by atoms with van der Waals surface area (Å²) in [7, 11) is 1.86. The maximum Gasteiger partial charge on any atom is 0.242 e. The summed E-state index contributed by atoms with van der Waals surface area (Å²) in [5, 5.41) is 3.57. The molecule has 2 aromatic carbocycles. The van der Waals surface area contributed by atoms with Crippen LogP contribution in [-0.2, 0) is 11.4 Å². The predicted octanol–water partition coefficient (Wildman–Crippen LogP) is 3.85. The van der Waals surface area contributed by atoms with E-state index >= 15 is 0 Å². The molecule has 2 saturated heterocycles. The number of nitrogens with zero attached hydrogens (tertiary/aromatic N) is 1. The number of carbonyl (C=O) groups excluding carboxylic acids is 1. The molecule has 1 N–H and O–H groups in total. The second kappa shape index (κ2) is 7.87. The third-order valence-electron chi connectivity index (χ3n) is 5.55. The number of hydrogen-bond donors (Lipinski definition) is 1. The second-order valence-electron chi connectivity index (χ2n) is 7.25. The van der Waals surface area contributed by atoms with Crippen LogP contribution < -0.4 is 10.1 Å². The van der Waals surface area contributed by atoms with Gasteiger partial charge in [0.25, 0.3) is 0 Å². The van der Waals surface area contributed by atoms with Crippen LogP contribution in [0.25, 0.3) is 0 Å². The van der Waals surface area contributed by atoms with Gasteiger partial charge in [-0.25, -0.2) is 4.39 Å². The molecule has 0 bridgehead atoms. The van der Waals surface area contributed by atoms with Crippen molar-refractivity contribution in [2.75, 3.05) is 13.6 Å². The first-order valence-corrected chi connectivity index (χ1v) is 9.07. The van der Waals surface area contributed by atoms with Crippen LogP contribution in [0, 0.1) is 5.82 Å². The topological polar surface area (TPSA) is 41.6 Å². The number of rotatable bonds is 4. The molecule has 2 aromatic rings. The van der Waals surface area contributed by atoms with Gasteiger partial charge < -0.3 is 9.64 Å². The van der Waals surface area contributed by atoms with Gasteiger partial charge in [-0.1, -0.05) is 30.3 Å². The highest BCUT2D eigenvalue weighted by Gasteiger charge is 2.49. The fourth-order valence-electron chi connectivity index (χ4n) is 4.01. The highest BCUT2D eigenvalue weighted by atomic mass is 35.5. The van der Waals surface area contributed by atoms with Gasteiger partial charge in [0, 0.05) is 25.2 Å². The zero-order valence-corrected chi connectivity index (χ0v) is 16.1. The van der Waals surface area contributed by atoms with Gasteiger partial charge in [0.05, 0.1) is 0 Å². The Bertz CT molecular complexity index is 831. The number of amides is 1. The number of likely N-dealkylation sites (N-methyl/N-ethyl adjacent to an activating group) is 1. The number of halogens is 2. The third kappa shape index (κ3) is 3.80. The molecule has 2 aliphatic rings. The largest absolute Gasteiger partial charge is 0.489 e. The van der Waals surface area contributed by atoms with Crippen LogP contribution in [0.2, 0.25) is 0 Å². The summed E-state index contributed by atoms with van der Waals surface area (Å²) < 4.78 is 19.5. The van der Waals surface area contributed by atoms with E-state index in [-0.39, 0.29) is 36.8 Å². The van der Waals surface area contributed by atoms with Crippen molar-refractivity contribution < 1.29 is 13.9 Å². The van der Waals surface area contributed by atoms with E-state index in [2.05, 4.69) is 11.4 Å². The van der Waals surface area contributed by atoms with E-state index < -0.39 is 5.54 Å². The lowest BCUT2D eigenvalue weighted by Crippen LogP contribution is -2.47. The maximum absolute atomic E-state index is 13.7. The van der Waals surface area contributed by atoms with E-state index in [4.69, 9.17) is 4.74 Å². The van der Waals surface area contributed by atoms with Crippen LogP contribution in [0.3, 0.4) is 0 Å². The predicted molar refractivity (Wildman–Crippen MR) is 105 cm³/mol. The second-order valence-corrected chi connectivity index (χ2v) is 7.25. The smallest absolute Gasteiger partial charge is 0.242 e. The molecule has 2 aliphatic heterocycles. The van der Waals surface area contributed by atoms with E-state index in [1.54, 1.807) is 18.2 Å². The number of likely N-dealkylation sites (tertiary alicyclic amines) is 1. The Morgan fingerprint density at radius 2 is 2.04 bits per heavy atom. The molecule has 2 atom stereocenters. The molecule has 27 heavy (non-hydrogen) atoms. The Kier molecular flexibility index (Phi) is 5.72. The zero-order valence-electron chi connectivity index (χ0n) is 15.3. The monoisotopic (exact) mass is 390 g/mol. The molecule has 0 aliphatic carbocycles. The molecule has 1 spiro atoms. The van der Waals surface area contributed by atoms with Crippen molar-refractivity contribution in [2.24, 2.45) is 0 Å². The molecule has 6 heteroatoms. The van der Waals surface area contributed by atoms with Crippen molar-refractivity contribution in [3.63, 3.8) is 0 Å². The fraction of sp³-hybridized carbons (Fsp3) is 0.381. The highest BCUT2D eigenvalue weighted by Crippen LogP contribution is 2.39. The Morgan fingerprint density at radius 1 is 1.22 bits per heavy atom.